The molecule has 1 fully saturated rings. The van der Waals surface area contributed by atoms with Gasteiger partial charge in [-0.1, -0.05) is 16.4 Å². The minimum atomic E-state index is -0.621. The summed E-state index contributed by atoms with van der Waals surface area (Å²) in [5.74, 6) is -1.25. The summed E-state index contributed by atoms with van der Waals surface area (Å²) in [4.78, 5) is 16.2. The molecular formula is C18H22F2N4O2. The largest absolute Gasteiger partial charge is 0.338 e. The number of carbonyl (C=O) groups excluding carboxylic acids is 1. The quantitative estimate of drug-likeness (QED) is 0.816. The van der Waals surface area contributed by atoms with E-state index >= 15 is 0 Å². The molecule has 8 heteroatoms. The zero-order chi connectivity index (χ0) is 18.7. The highest BCUT2D eigenvalue weighted by Crippen LogP contribution is 2.21. The van der Waals surface area contributed by atoms with Crippen molar-refractivity contribution >= 4 is 5.91 Å². The third-order valence-corrected chi connectivity index (χ3v) is 4.92. The molecule has 0 N–H and O–H groups in total. The lowest BCUT2D eigenvalue weighted by molar-refractivity contribution is -0.131. The van der Waals surface area contributed by atoms with E-state index in [1.165, 1.54) is 12.1 Å². The molecule has 1 aliphatic rings. The Hall–Kier alpha value is -2.35. The predicted molar refractivity (Wildman–Crippen MR) is 89.9 cm³/mol. The van der Waals surface area contributed by atoms with E-state index < -0.39 is 11.6 Å². The van der Waals surface area contributed by atoms with Crippen molar-refractivity contribution in [3.05, 3.63) is 46.8 Å². The second-order valence-electron chi connectivity index (χ2n) is 6.74. The lowest BCUT2D eigenvalue weighted by Gasteiger charge is -2.26. The minimum Gasteiger partial charge on any atom is -0.338 e. The molecule has 2 heterocycles. The van der Waals surface area contributed by atoms with Crippen LogP contribution in [0.5, 0.6) is 0 Å². The molecule has 140 valence electrons. The first kappa shape index (κ1) is 18.4. The molecule has 1 aliphatic heterocycles. The fraction of sp³-hybridized carbons (Fsp3) is 0.500. The van der Waals surface area contributed by atoms with E-state index in [4.69, 9.17) is 4.63 Å². The maximum Gasteiger partial charge on any atom is 0.222 e. The van der Waals surface area contributed by atoms with Crippen LogP contribution in [0, 0.1) is 18.6 Å². The molecule has 0 bridgehead atoms. The number of likely N-dealkylation sites (tertiary alicyclic amines) is 1. The molecule has 1 saturated heterocycles. The van der Waals surface area contributed by atoms with Crippen LogP contribution < -0.4 is 0 Å². The molecule has 1 aromatic carbocycles. The second-order valence-corrected chi connectivity index (χ2v) is 6.74. The first-order valence-electron chi connectivity index (χ1n) is 8.64. The van der Waals surface area contributed by atoms with Gasteiger partial charge >= 0.3 is 0 Å². The average Bonchev–Trinajstić information content (AvgIpc) is 2.90. The summed E-state index contributed by atoms with van der Waals surface area (Å²) < 4.78 is 31.7. The Bertz CT molecular complexity index is 780. The zero-order valence-corrected chi connectivity index (χ0v) is 14.9. The van der Waals surface area contributed by atoms with Gasteiger partial charge in [-0.05, 0) is 32.9 Å². The fourth-order valence-electron chi connectivity index (χ4n) is 3.24. The van der Waals surface area contributed by atoms with Gasteiger partial charge in [0.15, 0.2) is 0 Å². The van der Waals surface area contributed by atoms with Crippen molar-refractivity contribution in [1.82, 2.24) is 20.1 Å². The summed E-state index contributed by atoms with van der Waals surface area (Å²) in [5.41, 5.74) is 1.87. The van der Waals surface area contributed by atoms with Crippen LogP contribution in [-0.4, -0.2) is 45.7 Å². The van der Waals surface area contributed by atoms with Gasteiger partial charge in [0.2, 0.25) is 5.91 Å². The smallest absolute Gasteiger partial charge is 0.222 e. The Kier molecular flexibility index (Phi) is 5.61. The SMILES string of the molecule is Cc1nonc1CN(C)[C@H]1CCC(=O)N(Cc2ccc(F)cc2F)CC1. The summed E-state index contributed by atoms with van der Waals surface area (Å²) >= 11 is 0. The third-order valence-electron chi connectivity index (χ3n) is 4.92. The van der Waals surface area contributed by atoms with Crippen LogP contribution in [-0.2, 0) is 17.9 Å². The van der Waals surface area contributed by atoms with Crippen LogP contribution in [0.3, 0.4) is 0 Å². The molecule has 1 atom stereocenters. The molecule has 0 radical (unpaired) electrons. The zero-order valence-electron chi connectivity index (χ0n) is 14.9. The summed E-state index contributed by atoms with van der Waals surface area (Å²) in [7, 11) is 1.98. The summed E-state index contributed by atoms with van der Waals surface area (Å²) in [6, 6.07) is 3.67. The van der Waals surface area contributed by atoms with Crippen LogP contribution >= 0.6 is 0 Å². The van der Waals surface area contributed by atoms with E-state index in [1.807, 2.05) is 14.0 Å². The molecule has 1 amide bonds. The molecular weight excluding hydrogens is 342 g/mol. The van der Waals surface area contributed by atoms with Crippen molar-refractivity contribution in [2.24, 2.45) is 0 Å². The maximum absolute atomic E-state index is 13.9. The number of nitrogens with zero attached hydrogens (tertiary/aromatic N) is 4. The highest BCUT2D eigenvalue weighted by Gasteiger charge is 2.26. The monoisotopic (exact) mass is 364 g/mol. The average molecular weight is 364 g/mol. The first-order valence-corrected chi connectivity index (χ1v) is 8.64. The molecule has 3 rings (SSSR count). The lowest BCUT2D eigenvalue weighted by atomic mass is 10.1. The molecule has 2 aromatic rings. The maximum atomic E-state index is 13.9. The number of carbonyl (C=O) groups is 1. The molecule has 26 heavy (non-hydrogen) atoms. The van der Waals surface area contributed by atoms with Crippen molar-refractivity contribution in [2.45, 2.75) is 45.3 Å². The number of hydrogen-bond donors (Lipinski definition) is 0. The number of benzene rings is 1. The van der Waals surface area contributed by atoms with Gasteiger partial charge in [-0.2, -0.15) is 0 Å². The van der Waals surface area contributed by atoms with Gasteiger partial charge in [-0.15, -0.1) is 0 Å². The van der Waals surface area contributed by atoms with Crippen molar-refractivity contribution in [2.75, 3.05) is 13.6 Å². The Morgan fingerprint density at radius 1 is 1.31 bits per heavy atom. The van der Waals surface area contributed by atoms with Crippen molar-refractivity contribution in [3.8, 4) is 0 Å². The number of halogens is 2. The van der Waals surface area contributed by atoms with E-state index in [1.54, 1.807) is 4.90 Å². The van der Waals surface area contributed by atoms with E-state index in [-0.39, 0.29) is 18.5 Å². The van der Waals surface area contributed by atoms with Gasteiger partial charge in [0.05, 0.1) is 0 Å². The van der Waals surface area contributed by atoms with E-state index in [0.29, 0.717) is 25.1 Å². The Labute approximate surface area is 150 Å². The van der Waals surface area contributed by atoms with Crippen molar-refractivity contribution in [3.63, 3.8) is 0 Å². The highest BCUT2D eigenvalue weighted by molar-refractivity contribution is 5.76. The fourth-order valence-corrected chi connectivity index (χ4v) is 3.24. The molecule has 1 aromatic heterocycles. The van der Waals surface area contributed by atoms with Crippen LogP contribution in [0.25, 0.3) is 0 Å². The van der Waals surface area contributed by atoms with Crippen LogP contribution in [0.1, 0.15) is 36.2 Å². The molecule has 0 unspecified atom stereocenters. The van der Waals surface area contributed by atoms with Crippen LogP contribution in [0.15, 0.2) is 22.8 Å². The van der Waals surface area contributed by atoms with Crippen molar-refractivity contribution in [1.29, 1.82) is 0 Å². The Morgan fingerprint density at radius 3 is 2.81 bits per heavy atom. The van der Waals surface area contributed by atoms with E-state index in [0.717, 1.165) is 30.3 Å². The standard InChI is InChI=1S/C18H22F2N4O2/c1-12-17(22-26-21-12)11-23(2)15-5-6-18(25)24(8-7-15)10-13-3-4-14(19)9-16(13)20/h3-4,9,15H,5-8,10-11H2,1-2H3/t15-/m0/s1. The summed E-state index contributed by atoms with van der Waals surface area (Å²) in [5, 5.41) is 7.68. The van der Waals surface area contributed by atoms with Gasteiger partial charge in [0, 0.05) is 43.7 Å². The predicted octanol–water partition coefficient (Wildman–Crippen LogP) is 2.67. The number of rotatable bonds is 5. The Balaban J connectivity index is 1.62. The van der Waals surface area contributed by atoms with Crippen LogP contribution in [0.2, 0.25) is 0 Å². The number of hydrogen-bond acceptors (Lipinski definition) is 5. The van der Waals surface area contributed by atoms with E-state index in [2.05, 4.69) is 15.2 Å². The lowest BCUT2D eigenvalue weighted by Crippen LogP contribution is -2.33. The minimum absolute atomic E-state index is 0.0103. The van der Waals surface area contributed by atoms with Crippen molar-refractivity contribution < 1.29 is 18.2 Å². The second kappa shape index (κ2) is 7.90. The van der Waals surface area contributed by atoms with Gasteiger partial charge in [0.25, 0.3) is 0 Å². The highest BCUT2D eigenvalue weighted by atomic mass is 19.1. The number of aryl methyl sites for hydroxylation is 1. The molecule has 6 nitrogen and oxygen atoms in total. The molecule has 0 saturated carbocycles. The van der Waals surface area contributed by atoms with E-state index in [9.17, 15) is 13.6 Å². The van der Waals surface area contributed by atoms with Gasteiger partial charge in [0.1, 0.15) is 23.0 Å². The topological polar surface area (TPSA) is 62.5 Å². The number of amides is 1. The molecule has 0 spiro atoms. The van der Waals surface area contributed by atoms with Gasteiger partial charge in [-0.3, -0.25) is 9.69 Å². The van der Waals surface area contributed by atoms with Crippen LogP contribution in [0.4, 0.5) is 8.78 Å². The molecule has 0 aliphatic carbocycles. The summed E-state index contributed by atoms with van der Waals surface area (Å²) in [6.07, 6.45) is 1.89. The summed E-state index contributed by atoms with van der Waals surface area (Å²) in [6.45, 7) is 3.13. The normalized spacial score (nSPS) is 18.4. The first-order chi connectivity index (χ1) is 12.4. The number of aromatic nitrogens is 2. The Morgan fingerprint density at radius 2 is 2.12 bits per heavy atom. The van der Waals surface area contributed by atoms with Gasteiger partial charge < -0.3 is 4.90 Å². The third kappa shape index (κ3) is 4.24. The van der Waals surface area contributed by atoms with Gasteiger partial charge in [-0.25, -0.2) is 13.4 Å².